The first-order valence-electron chi connectivity index (χ1n) is 7.72. The zero-order valence-corrected chi connectivity index (χ0v) is 16.6. The van der Waals surface area contributed by atoms with Crippen molar-refractivity contribution in [3.8, 4) is 0 Å². The standard InChI is InChI=1S/C18H15Br2N3O2/c1-2-7-25-18(24)11-3-5-13(6-4-11)23-17-14-8-12(19)9-15(20)16(14)21-10-22-17/h3-6,8-10H,2,7H2,1H3,(H,21,22,23). The van der Waals surface area contributed by atoms with Gasteiger partial charge in [-0.15, -0.1) is 0 Å². The van der Waals surface area contributed by atoms with E-state index >= 15 is 0 Å². The number of halogens is 2. The highest BCUT2D eigenvalue weighted by Gasteiger charge is 2.10. The van der Waals surface area contributed by atoms with Crippen LogP contribution in [0, 0.1) is 0 Å². The van der Waals surface area contributed by atoms with Gasteiger partial charge in [0.15, 0.2) is 0 Å². The highest BCUT2D eigenvalue weighted by molar-refractivity contribution is 9.11. The third-order valence-electron chi connectivity index (χ3n) is 3.48. The van der Waals surface area contributed by atoms with Gasteiger partial charge in [0, 0.05) is 20.0 Å². The third-order valence-corrected chi connectivity index (χ3v) is 4.54. The SMILES string of the molecule is CCCOC(=O)c1ccc(Nc2ncnc3c(Br)cc(Br)cc23)cc1. The van der Waals surface area contributed by atoms with Crippen LogP contribution in [0.1, 0.15) is 23.7 Å². The fourth-order valence-electron chi connectivity index (χ4n) is 2.30. The highest BCUT2D eigenvalue weighted by atomic mass is 79.9. The topological polar surface area (TPSA) is 64.1 Å². The van der Waals surface area contributed by atoms with Gasteiger partial charge in [0.25, 0.3) is 0 Å². The molecule has 0 radical (unpaired) electrons. The van der Waals surface area contributed by atoms with E-state index in [4.69, 9.17) is 4.74 Å². The summed E-state index contributed by atoms with van der Waals surface area (Å²) in [6.45, 7) is 2.39. The molecule has 0 aliphatic carbocycles. The van der Waals surface area contributed by atoms with Crippen molar-refractivity contribution in [1.29, 1.82) is 0 Å². The molecule has 3 aromatic rings. The van der Waals surface area contributed by atoms with Gasteiger partial charge in [-0.1, -0.05) is 22.9 Å². The molecule has 0 unspecified atom stereocenters. The fraction of sp³-hybridized carbons (Fsp3) is 0.167. The Morgan fingerprint density at radius 1 is 1.16 bits per heavy atom. The van der Waals surface area contributed by atoms with Crippen LogP contribution in [-0.2, 0) is 4.74 Å². The Kier molecular flexibility index (Phi) is 5.65. The molecule has 2 aromatic carbocycles. The Hall–Kier alpha value is -1.99. The molecule has 25 heavy (non-hydrogen) atoms. The number of anilines is 2. The maximum absolute atomic E-state index is 11.8. The molecule has 0 saturated carbocycles. The van der Waals surface area contributed by atoms with Gasteiger partial charge in [-0.3, -0.25) is 0 Å². The molecule has 0 atom stereocenters. The molecule has 0 aliphatic rings. The van der Waals surface area contributed by atoms with E-state index in [1.165, 1.54) is 6.33 Å². The molecule has 0 amide bonds. The number of benzene rings is 2. The molecule has 1 aromatic heterocycles. The van der Waals surface area contributed by atoms with Crippen molar-refractivity contribution >= 4 is 60.2 Å². The highest BCUT2D eigenvalue weighted by Crippen LogP contribution is 2.31. The van der Waals surface area contributed by atoms with E-state index < -0.39 is 0 Å². The average molecular weight is 465 g/mol. The molecule has 5 nitrogen and oxygen atoms in total. The van der Waals surface area contributed by atoms with Gasteiger partial charge < -0.3 is 10.1 Å². The second kappa shape index (κ2) is 7.93. The number of hydrogen-bond donors (Lipinski definition) is 1. The second-order valence-electron chi connectivity index (χ2n) is 5.34. The van der Waals surface area contributed by atoms with E-state index in [2.05, 4.69) is 47.1 Å². The molecule has 3 rings (SSSR count). The first-order chi connectivity index (χ1) is 12.1. The van der Waals surface area contributed by atoms with Gasteiger partial charge in [-0.05, 0) is 58.7 Å². The number of aromatic nitrogens is 2. The lowest BCUT2D eigenvalue weighted by molar-refractivity contribution is 0.0505. The number of ether oxygens (including phenoxy) is 1. The number of carbonyl (C=O) groups is 1. The molecular formula is C18H15Br2N3O2. The molecular weight excluding hydrogens is 450 g/mol. The first-order valence-corrected chi connectivity index (χ1v) is 9.31. The van der Waals surface area contributed by atoms with E-state index in [9.17, 15) is 4.79 Å². The number of nitrogens with one attached hydrogen (secondary N) is 1. The first kappa shape index (κ1) is 17.8. The maximum Gasteiger partial charge on any atom is 0.338 e. The predicted molar refractivity (Wildman–Crippen MR) is 105 cm³/mol. The molecule has 1 N–H and O–H groups in total. The van der Waals surface area contributed by atoms with Gasteiger partial charge in [-0.2, -0.15) is 0 Å². The van der Waals surface area contributed by atoms with Crippen LogP contribution in [-0.4, -0.2) is 22.5 Å². The summed E-state index contributed by atoms with van der Waals surface area (Å²) in [6, 6.07) is 11.0. The predicted octanol–water partition coefficient (Wildman–Crippen LogP) is 5.47. The van der Waals surface area contributed by atoms with Crippen LogP contribution >= 0.6 is 31.9 Å². The normalized spacial score (nSPS) is 10.7. The summed E-state index contributed by atoms with van der Waals surface area (Å²) in [7, 11) is 0. The molecule has 0 fully saturated rings. The minimum atomic E-state index is -0.311. The Morgan fingerprint density at radius 2 is 1.92 bits per heavy atom. The largest absolute Gasteiger partial charge is 0.462 e. The number of carbonyl (C=O) groups excluding carboxylic acids is 1. The van der Waals surface area contributed by atoms with Crippen molar-refractivity contribution in [2.75, 3.05) is 11.9 Å². The van der Waals surface area contributed by atoms with E-state index in [1.807, 2.05) is 31.2 Å². The van der Waals surface area contributed by atoms with E-state index in [0.717, 1.165) is 32.0 Å². The summed E-state index contributed by atoms with van der Waals surface area (Å²) in [5, 5.41) is 4.15. The molecule has 0 saturated heterocycles. The number of hydrogen-bond acceptors (Lipinski definition) is 5. The van der Waals surface area contributed by atoms with Crippen LogP contribution in [0.3, 0.4) is 0 Å². The summed E-state index contributed by atoms with van der Waals surface area (Å²) in [5.41, 5.74) is 2.17. The van der Waals surface area contributed by atoms with Crippen molar-refractivity contribution in [3.05, 3.63) is 57.2 Å². The monoisotopic (exact) mass is 463 g/mol. The van der Waals surface area contributed by atoms with Crippen molar-refractivity contribution in [1.82, 2.24) is 9.97 Å². The van der Waals surface area contributed by atoms with Gasteiger partial charge in [0.05, 0.1) is 17.7 Å². The number of nitrogens with zero attached hydrogens (tertiary/aromatic N) is 2. The summed E-state index contributed by atoms with van der Waals surface area (Å²) >= 11 is 7.00. The van der Waals surface area contributed by atoms with Crippen LogP contribution in [0.4, 0.5) is 11.5 Å². The Labute approximate surface area is 162 Å². The maximum atomic E-state index is 11.8. The van der Waals surface area contributed by atoms with Crippen molar-refractivity contribution < 1.29 is 9.53 Å². The number of fused-ring (bicyclic) bond motifs is 1. The van der Waals surface area contributed by atoms with Crippen LogP contribution in [0.2, 0.25) is 0 Å². The molecule has 0 aliphatic heterocycles. The fourth-order valence-corrected chi connectivity index (χ4v) is 3.62. The molecule has 7 heteroatoms. The molecule has 0 spiro atoms. The van der Waals surface area contributed by atoms with Crippen LogP contribution in [0.5, 0.6) is 0 Å². The summed E-state index contributed by atoms with van der Waals surface area (Å²) in [5.74, 6) is 0.377. The summed E-state index contributed by atoms with van der Waals surface area (Å²) < 4.78 is 6.94. The second-order valence-corrected chi connectivity index (χ2v) is 7.11. The summed E-state index contributed by atoms with van der Waals surface area (Å²) in [4.78, 5) is 20.5. The van der Waals surface area contributed by atoms with Gasteiger partial charge in [-0.25, -0.2) is 14.8 Å². The quantitative estimate of drug-likeness (QED) is 0.507. The zero-order valence-electron chi connectivity index (χ0n) is 13.4. The minimum Gasteiger partial charge on any atom is -0.462 e. The van der Waals surface area contributed by atoms with E-state index in [-0.39, 0.29) is 5.97 Å². The van der Waals surface area contributed by atoms with Crippen molar-refractivity contribution in [2.24, 2.45) is 0 Å². The lowest BCUT2D eigenvalue weighted by Gasteiger charge is -2.10. The summed E-state index contributed by atoms with van der Waals surface area (Å²) in [6.07, 6.45) is 2.32. The zero-order chi connectivity index (χ0) is 17.8. The van der Waals surface area contributed by atoms with Crippen LogP contribution in [0.25, 0.3) is 10.9 Å². The Balaban J connectivity index is 1.85. The molecule has 128 valence electrons. The van der Waals surface area contributed by atoms with E-state index in [0.29, 0.717) is 18.0 Å². The minimum absolute atomic E-state index is 0.311. The van der Waals surface area contributed by atoms with Crippen molar-refractivity contribution in [2.45, 2.75) is 13.3 Å². The third kappa shape index (κ3) is 4.16. The van der Waals surface area contributed by atoms with E-state index in [1.54, 1.807) is 12.1 Å². The van der Waals surface area contributed by atoms with Crippen LogP contribution in [0.15, 0.2) is 51.7 Å². The van der Waals surface area contributed by atoms with Crippen LogP contribution < -0.4 is 5.32 Å². The number of rotatable bonds is 5. The molecule has 1 heterocycles. The Bertz CT molecular complexity index is 914. The molecule has 0 bridgehead atoms. The smallest absolute Gasteiger partial charge is 0.338 e. The lowest BCUT2D eigenvalue weighted by atomic mass is 10.2. The lowest BCUT2D eigenvalue weighted by Crippen LogP contribution is -2.05. The van der Waals surface area contributed by atoms with Gasteiger partial charge >= 0.3 is 5.97 Å². The average Bonchev–Trinajstić information content (AvgIpc) is 2.61. The van der Waals surface area contributed by atoms with Crippen molar-refractivity contribution in [3.63, 3.8) is 0 Å². The number of esters is 1. The Morgan fingerprint density at radius 3 is 2.64 bits per heavy atom. The van der Waals surface area contributed by atoms with Gasteiger partial charge in [0.2, 0.25) is 0 Å². The van der Waals surface area contributed by atoms with Gasteiger partial charge in [0.1, 0.15) is 12.1 Å².